The van der Waals surface area contributed by atoms with Crippen molar-refractivity contribution in [1.82, 2.24) is 4.98 Å². The normalized spacial score (nSPS) is 13.6. The van der Waals surface area contributed by atoms with Crippen molar-refractivity contribution in [3.05, 3.63) is 24.0 Å². The number of hydrogen-bond donors (Lipinski definition) is 2. The van der Waals surface area contributed by atoms with Crippen LogP contribution in [0.5, 0.6) is 5.75 Å². The van der Waals surface area contributed by atoms with Gasteiger partial charge in [0.15, 0.2) is 0 Å². The van der Waals surface area contributed by atoms with Gasteiger partial charge in [-0.2, -0.15) is 0 Å². The molecule has 1 aromatic heterocycles. The highest BCUT2D eigenvalue weighted by Gasteiger charge is 2.31. The second kappa shape index (κ2) is 5.13. The first-order valence-electron chi connectivity index (χ1n) is 4.43. The van der Waals surface area contributed by atoms with E-state index in [1.807, 2.05) is 0 Å². The van der Waals surface area contributed by atoms with Gasteiger partial charge in [-0.15, -0.1) is 13.2 Å². The smallest absolute Gasteiger partial charge is 0.404 e. The Morgan fingerprint density at radius 2 is 2.06 bits per heavy atom. The van der Waals surface area contributed by atoms with Crippen LogP contribution in [-0.2, 0) is 0 Å². The van der Waals surface area contributed by atoms with Gasteiger partial charge in [0.2, 0.25) is 0 Å². The molecule has 16 heavy (non-hydrogen) atoms. The molecule has 7 heteroatoms. The maximum Gasteiger partial charge on any atom is 0.573 e. The number of ether oxygens (including phenoxy) is 1. The fraction of sp³-hybridized carbons (Fsp3) is 0.444. The van der Waals surface area contributed by atoms with Crippen LogP contribution in [-0.4, -0.2) is 28.2 Å². The molecule has 4 nitrogen and oxygen atoms in total. The highest BCUT2D eigenvalue weighted by molar-refractivity contribution is 5.21. The fourth-order valence-corrected chi connectivity index (χ4v) is 1.05. The third-order valence-electron chi connectivity index (χ3n) is 1.74. The summed E-state index contributed by atoms with van der Waals surface area (Å²) >= 11 is 0. The average molecular weight is 237 g/mol. The lowest BCUT2D eigenvalue weighted by Crippen LogP contribution is -2.17. The van der Waals surface area contributed by atoms with Gasteiger partial charge in [-0.3, -0.25) is 4.98 Å². The molecule has 2 N–H and O–H groups in total. The van der Waals surface area contributed by atoms with E-state index in [1.54, 1.807) is 0 Å². The van der Waals surface area contributed by atoms with Crippen molar-refractivity contribution in [1.29, 1.82) is 0 Å². The SMILES string of the molecule is OCCC(O)c1ccc(OC(F)(F)F)cn1. The molecule has 1 heterocycles. The largest absolute Gasteiger partial charge is 0.573 e. The molecule has 1 atom stereocenters. The molecule has 0 bridgehead atoms. The molecule has 0 saturated heterocycles. The Balaban J connectivity index is 2.68. The first-order valence-corrected chi connectivity index (χ1v) is 4.43. The first kappa shape index (κ1) is 12.7. The van der Waals surface area contributed by atoms with Crippen LogP contribution < -0.4 is 4.74 Å². The minimum absolute atomic E-state index is 0.0759. The van der Waals surface area contributed by atoms with Crippen LogP contribution in [0.3, 0.4) is 0 Å². The minimum Gasteiger partial charge on any atom is -0.404 e. The molecule has 1 aromatic rings. The molecule has 0 amide bonds. The van der Waals surface area contributed by atoms with Crippen molar-refractivity contribution in [2.75, 3.05) is 6.61 Å². The Morgan fingerprint density at radius 1 is 1.38 bits per heavy atom. The summed E-state index contributed by atoms with van der Waals surface area (Å²) in [7, 11) is 0. The number of aliphatic hydroxyl groups is 2. The summed E-state index contributed by atoms with van der Waals surface area (Å²) < 4.78 is 39.0. The summed E-state index contributed by atoms with van der Waals surface area (Å²) in [5.41, 5.74) is 0.184. The van der Waals surface area contributed by atoms with E-state index in [0.717, 1.165) is 12.3 Å². The fourth-order valence-electron chi connectivity index (χ4n) is 1.05. The van der Waals surface area contributed by atoms with E-state index in [1.165, 1.54) is 6.07 Å². The third kappa shape index (κ3) is 4.03. The second-order valence-corrected chi connectivity index (χ2v) is 2.99. The molecule has 0 radical (unpaired) electrons. The molecular weight excluding hydrogens is 227 g/mol. The van der Waals surface area contributed by atoms with Crippen molar-refractivity contribution in [3.8, 4) is 5.75 Å². The van der Waals surface area contributed by atoms with E-state index < -0.39 is 18.2 Å². The van der Waals surface area contributed by atoms with Crippen LogP contribution in [0.1, 0.15) is 18.2 Å². The summed E-state index contributed by atoms with van der Waals surface area (Å²) in [5, 5.41) is 17.9. The Hall–Kier alpha value is -1.34. The lowest BCUT2D eigenvalue weighted by Gasteiger charge is -2.10. The zero-order valence-corrected chi connectivity index (χ0v) is 8.11. The molecule has 0 fully saturated rings. The van der Waals surface area contributed by atoms with Crippen molar-refractivity contribution in [3.63, 3.8) is 0 Å². The van der Waals surface area contributed by atoms with Gasteiger partial charge >= 0.3 is 6.36 Å². The third-order valence-corrected chi connectivity index (χ3v) is 1.74. The van der Waals surface area contributed by atoms with Crippen LogP contribution in [0.2, 0.25) is 0 Å². The predicted octanol–water partition coefficient (Wildman–Crippen LogP) is 1.40. The van der Waals surface area contributed by atoms with Gasteiger partial charge in [0.25, 0.3) is 0 Å². The van der Waals surface area contributed by atoms with Crippen molar-refractivity contribution in [2.24, 2.45) is 0 Å². The van der Waals surface area contributed by atoms with Crippen molar-refractivity contribution >= 4 is 0 Å². The zero-order valence-electron chi connectivity index (χ0n) is 8.11. The average Bonchev–Trinajstić information content (AvgIpc) is 2.16. The van der Waals surface area contributed by atoms with Gasteiger partial charge in [0.1, 0.15) is 5.75 Å². The first-order chi connectivity index (χ1) is 7.42. The Morgan fingerprint density at radius 3 is 2.50 bits per heavy atom. The molecule has 90 valence electrons. The Labute approximate surface area is 89.3 Å². The standard InChI is InChI=1S/C9H10F3NO3/c10-9(11,12)16-6-1-2-7(13-5-6)8(15)3-4-14/h1-2,5,8,14-15H,3-4H2. The number of hydrogen-bond acceptors (Lipinski definition) is 4. The van der Waals surface area contributed by atoms with Crippen LogP contribution in [0.4, 0.5) is 13.2 Å². The Bertz CT molecular complexity index is 326. The van der Waals surface area contributed by atoms with Crippen molar-refractivity contribution in [2.45, 2.75) is 18.9 Å². The summed E-state index contributed by atoms with van der Waals surface area (Å²) in [6.07, 6.45) is -4.81. The number of alkyl halides is 3. The predicted molar refractivity (Wildman–Crippen MR) is 47.6 cm³/mol. The lowest BCUT2D eigenvalue weighted by molar-refractivity contribution is -0.274. The van der Waals surface area contributed by atoms with Crippen LogP contribution in [0.25, 0.3) is 0 Å². The van der Waals surface area contributed by atoms with Crippen LogP contribution >= 0.6 is 0 Å². The van der Waals surface area contributed by atoms with Crippen molar-refractivity contribution < 1.29 is 28.1 Å². The molecule has 0 aliphatic carbocycles. The number of halogens is 3. The second-order valence-electron chi connectivity index (χ2n) is 2.99. The zero-order chi connectivity index (χ0) is 12.2. The van der Waals surface area contributed by atoms with E-state index in [4.69, 9.17) is 5.11 Å². The molecule has 0 aliphatic heterocycles. The molecule has 0 aliphatic rings. The summed E-state index contributed by atoms with van der Waals surface area (Å²) in [5.74, 6) is -0.451. The highest BCUT2D eigenvalue weighted by atomic mass is 19.4. The van der Waals surface area contributed by atoms with Crippen LogP contribution in [0, 0.1) is 0 Å². The van der Waals surface area contributed by atoms with Gasteiger partial charge in [0, 0.05) is 13.0 Å². The van der Waals surface area contributed by atoms with E-state index in [9.17, 15) is 18.3 Å². The molecule has 1 rings (SSSR count). The van der Waals surface area contributed by atoms with E-state index in [0.29, 0.717) is 0 Å². The van der Waals surface area contributed by atoms with E-state index in [2.05, 4.69) is 9.72 Å². The number of aromatic nitrogens is 1. The van der Waals surface area contributed by atoms with E-state index >= 15 is 0 Å². The molecule has 0 saturated carbocycles. The molecular formula is C9H10F3NO3. The van der Waals surface area contributed by atoms with Gasteiger partial charge < -0.3 is 14.9 Å². The number of nitrogens with zero attached hydrogens (tertiary/aromatic N) is 1. The molecule has 0 aromatic carbocycles. The quantitative estimate of drug-likeness (QED) is 0.830. The molecule has 0 spiro atoms. The molecule has 1 unspecified atom stereocenters. The summed E-state index contributed by atoms with van der Waals surface area (Å²) in [6, 6.07) is 2.26. The minimum atomic E-state index is -4.76. The monoisotopic (exact) mass is 237 g/mol. The lowest BCUT2D eigenvalue weighted by atomic mass is 10.2. The maximum atomic E-state index is 11.8. The van der Waals surface area contributed by atoms with Crippen LogP contribution in [0.15, 0.2) is 18.3 Å². The van der Waals surface area contributed by atoms with E-state index in [-0.39, 0.29) is 18.7 Å². The number of pyridine rings is 1. The van der Waals surface area contributed by atoms with Gasteiger partial charge in [0.05, 0.1) is 18.0 Å². The number of aliphatic hydroxyl groups excluding tert-OH is 2. The van der Waals surface area contributed by atoms with Gasteiger partial charge in [-0.05, 0) is 12.1 Å². The highest BCUT2D eigenvalue weighted by Crippen LogP contribution is 2.23. The van der Waals surface area contributed by atoms with Gasteiger partial charge in [-0.1, -0.05) is 0 Å². The maximum absolute atomic E-state index is 11.8. The topological polar surface area (TPSA) is 62.6 Å². The Kier molecular flexibility index (Phi) is 4.08. The summed E-state index contributed by atoms with van der Waals surface area (Å²) in [4.78, 5) is 3.60. The number of rotatable bonds is 4. The summed E-state index contributed by atoms with van der Waals surface area (Å²) in [6.45, 7) is -0.232. The van der Waals surface area contributed by atoms with Gasteiger partial charge in [-0.25, -0.2) is 0 Å².